The molecule has 0 saturated carbocycles. The molecule has 2 aliphatic heterocycles. The second-order valence-corrected chi connectivity index (χ2v) is 10.4. The van der Waals surface area contributed by atoms with Crippen LogP contribution in [-0.4, -0.2) is 71.6 Å². The van der Waals surface area contributed by atoms with Gasteiger partial charge in [-0.05, 0) is 54.5 Å². The number of nitrogens with zero attached hydrogens (tertiary/aromatic N) is 3. The Labute approximate surface area is 217 Å². The largest absolute Gasteiger partial charge is 0.464 e. The summed E-state index contributed by atoms with van der Waals surface area (Å²) in [7, 11) is 1.64. The first-order valence-corrected chi connectivity index (χ1v) is 13.2. The monoisotopic (exact) mass is 499 g/mol. The molecular formula is C30H33N3O4. The third-order valence-electron chi connectivity index (χ3n) is 8.33. The smallest absolute Gasteiger partial charge is 0.328 e. The maximum Gasteiger partial charge on any atom is 0.328 e. The molecular weight excluding hydrogens is 466 g/mol. The van der Waals surface area contributed by atoms with E-state index in [9.17, 15) is 9.59 Å². The van der Waals surface area contributed by atoms with Crippen LogP contribution in [0.1, 0.15) is 29.5 Å². The minimum absolute atomic E-state index is 0.0196. The molecule has 2 aromatic carbocycles. The van der Waals surface area contributed by atoms with E-state index in [1.165, 1.54) is 16.7 Å². The number of urea groups is 1. The van der Waals surface area contributed by atoms with Crippen molar-refractivity contribution in [3.05, 3.63) is 83.6 Å². The molecule has 2 saturated heterocycles. The third-order valence-corrected chi connectivity index (χ3v) is 8.33. The Morgan fingerprint density at radius 1 is 0.946 bits per heavy atom. The summed E-state index contributed by atoms with van der Waals surface area (Å²) >= 11 is 0. The van der Waals surface area contributed by atoms with Crippen LogP contribution >= 0.6 is 0 Å². The fourth-order valence-corrected chi connectivity index (χ4v) is 6.31. The highest BCUT2D eigenvalue weighted by atomic mass is 16.5. The number of fused-ring (bicyclic) bond motifs is 1. The lowest BCUT2D eigenvalue weighted by atomic mass is 9.85. The molecule has 3 aliphatic rings. The highest BCUT2D eigenvalue weighted by Gasteiger charge is 2.59. The Hall–Kier alpha value is -3.42. The number of piperidine rings is 1. The number of amides is 3. The molecule has 0 unspecified atom stereocenters. The van der Waals surface area contributed by atoms with E-state index in [1.807, 2.05) is 29.2 Å². The van der Waals surface area contributed by atoms with Crippen molar-refractivity contribution in [1.29, 1.82) is 0 Å². The summed E-state index contributed by atoms with van der Waals surface area (Å²) in [5, 5.41) is 0. The van der Waals surface area contributed by atoms with Gasteiger partial charge in [0.2, 0.25) is 0 Å². The number of rotatable bonds is 7. The predicted octanol–water partition coefficient (Wildman–Crippen LogP) is 4.36. The van der Waals surface area contributed by atoms with E-state index in [0.29, 0.717) is 26.0 Å². The van der Waals surface area contributed by atoms with Gasteiger partial charge in [0.25, 0.3) is 5.91 Å². The van der Waals surface area contributed by atoms with Crippen molar-refractivity contribution in [2.24, 2.45) is 0 Å². The number of hydrogen-bond acceptors (Lipinski definition) is 5. The zero-order chi connectivity index (χ0) is 25.4. The van der Waals surface area contributed by atoms with Crippen molar-refractivity contribution in [2.75, 3.05) is 33.4 Å². The van der Waals surface area contributed by atoms with Gasteiger partial charge < -0.3 is 14.1 Å². The van der Waals surface area contributed by atoms with Crippen LogP contribution in [-0.2, 0) is 28.9 Å². The standard InChI is InChI=1S/C30H33N3O4/c1-36-18-16-32-29(35)33(26-19-24-5-2-3-6-25(24)20-26)28(34)30(32)12-14-31(15-13-30)21-22-8-10-23(11-9-22)27-7-4-17-37-27/h2-11,17,26H,12-16,18-21H2,1H3. The first kappa shape index (κ1) is 23.9. The van der Waals surface area contributed by atoms with Crippen molar-refractivity contribution in [3.63, 3.8) is 0 Å². The van der Waals surface area contributed by atoms with Crippen LogP contribution in [0.5, 0.6) is 0 Å². The molecule has 37 heavy (non-hydrogen) atoms. The summed E-state index contributed by atoms with van der Waals surface area (Å²) in [6.07, 6.45) is 4.44. The fourth-order valence-electron chi connectivity index (χ4n) is 6.31. The number of carbonyl (C=O) groups excluding carboxylic acids is 2. The SMILES string of the molecule is COCCN1C(=O)N(C2Cc3ccccc3C2)C(=O)C12CCN(Cc1ccc(-c3ccco3)cc1)CC2. The van der Waals surface area contributed by atoms with Crippen LogP contribution in [0.2, 0.25) is 0 Å². The topological polar surface area (TPSA) is 66.2 Å². The van der Waals surface area contributed by atoms with Crippen LogP contribution in [0.15, 0.2) is 71.3 Å². The number of likely N-dealkylation sites (tertiary alicyclic amines) is 1. The summed E-state index contributed by atoms with van der Waals surface area (Å²) in [6, 6.07) is 20.3. The van der Waals surface area contributed by atoms with Gasteiger partial charge in [0.15, 0.2) is 0 Å². The normalized spacial score (nSPS) is 19.8. The Morgan fingerprint density at radius 2 is 1.65 bits per heavy atom. The summed E-state index contributed by atoms with van der Waals surface area (Å²) in [6.45, 7) is 3.20. The van der Waals surface area contributed by atoms with Crippen LogP contribution < -0.4 is 0 Å². The van der Waals surface area contributed by atoms with E-state index >= 15 is 0 Å². The Balaban J connectivity index is 1.16. The number of benzene rings is 2. The Bertz CT molecular complexity index is 1240. The van der Waals surface area contributed by atoms with Crippen LogP contribution in [0, 0.1) is 0 Å². The van der Waals surface area contributed by atoms with Gasteiger partial charge in [-0.25, -0.2) is 4.79 Å². The van der Waals surface area contributed by atoms with Gasteiger partial charge in [0.05, 0.1) is 12.9 Å². The van der Waals surface area contributed by atoms with E-state index in [1.54, 1.807) is 18.3 Å². The quantitative estimate of drug-likeness (QED) is 0.452. The molecule has 3 heterocycles. The van der Waals surface area contributed by atoms with Crippen molar-refractivity contribution in [1.82, 2.24) is 14.7 Å². The maximum absolute atomic E-state index is 14.0. The molecule has 1 spiro atoms. The van der Waals surface area contributed by atoms with Crippen molar-refractivity contribution in [2.45, 2.75) is 43.8 Å². The molecule has 0 radical (unpaired) electrons. The van der Waals surface area contributed by atoms with E-state index in [4.69, 9.17) is 9.15 Å². The van der Waals surface area contributed by atoms with Crippen molar-refractivity contribution in [3.8, 4) is 11.3 Å². The molecule has 7 nitrogen and oxygen atoms in total. The van der Waals surface area contributed by atoms with Gasteiger partial charge in [0, 0.05) is 44.9 Å². The molecule has 0 N–H and O–H groups in total. The van der Waals surface area contributed by atoms with E-state index < -0.39 is 5.54 Å². The summed E-state index contributed by atoms with van der Waals surface area (Å²) in [5.74, 6) is 0.843. The summed E-state index contributed by atoms with van der Waals surface area (Å²) in [5.41, 5.74) is 3.99. The molecule has 2 fully saturated rings. The van der Waals surface area contributed by atoms with Gasteiger partial charge in [-0.2, -0.15) is 0 Å². The molecule has 0 atom stereocenters. The Morgan fingerprint density at radius 3 is 2.27 bits per heavy atom. The van der Waals surface area contributed by atoms with Gasteiger partial charge in [-0.3, -0.25) is 14.6 Å². The number of imide groups is 1. The van der Waals surface area contributed by atoms with Crippen LogP contribution in [0.4, 0.5) is 4.79 Å². The predicted molar refractivity (Wildman–Crippen MR) is 140 cm³/mol. The minimum Gasteiger partial charge on any atom is -0.464 e. The number of hydrogen-bond donors (Lipinski definition) is 0. The van der Waals surface area contributed by atoms with Gasteiger partial charge in [-0.1, -0.05) is 48.5 Å². The first-order valence-electron chi connectivity index (χ1n) is 13.2. The van der Waals surface area contributed by atoms with Crippen LogP contribution in [0.3, 0.4) is 0 Å². The average molecular weight is 500 g/mol. The van der Waals surface area contributed by atoms with Gasteiger partial charge >= 0.3 is 6.03 Å². The second kappa shape index (κ2) is 9.80. The molecule has 3 amide bonds. The van der Waals surface area contributed by atoms with Gasteiger partial charge in [0.1, 0.15) is 11.3 Å². The highest BCUT2D eigenvalue weighted by molar-refractivity contribution is 6.07. The highest BCUT2D eigenvalue weighted by Crippen LogP contribution is 2.40. The number of ether oxygens (including phenoxy) is 1. The second-order valence-electron chi connectivity index (χ2n) is 10.4. The lowest BCUT2D eigenvalue weighted by Crippen LogP contribution is -2.57. The zero-order valence-electron chi connectivity index (χ0n) is 21.3. The van der Waals surface area contributed by atoms with Gasteiger partial charge in [-0.15, -0.1) is 0 Å². The number of carbonyl (C=O) groups is 2. The molecule has 1 aliphatic carbocycles. The molecule has 0 bridgehead atoms. The van der Waals surface area contributed by atoms with E-state index in [-0.39, 0.29) is 18.0 Å². The summed E-state index contributed by atoms with van der Waals surface area (Å²) < 4.78 is 10.8. The maximum atomic E-state index is 14.0. The molecule has 3 aromatic rings. The number of methoxy groups -OCH3 is 1. The Kier molecular flexibility index (Phi) is 6.34. The van der Waals surface area contributed by atoms with Crippen molar-refractivity contribution >= 4 is 11.9 Å². The van der Waals surface area contributed by atoms with E-state index in [2.05, 4.69) is 41.3 Å². The molecule has 7 heteroatoms. The molecule has 1 aromatic heterocycles. The first-order chi connectivity index (χ1) is 18.1. The average Bonchev–Trinajstić information content (AvgIpc) is 3.64. The fraction of sp³-hybridized carbons (Fsp3) is 0.400. The lowest BCUT2D eigenvalue weighted by molar-refractivity contribution is -0.137. The summed E-state index contributed by atoms with van der Waals surface area (Å²) in [4.78, 5) is 33.5. The van der Waals surface area contributed by atoms with E-state index in [0.717, 1.165) is 43.8 Å². The third kappa shape index (κ3) is 4.26. The molecule has 192 valence electrons. The number of furan rings is 1. The van der Waals surface area contributed by atoms with Crippen molar-refractivity contribution < 1.29 is 18.7 Å². The molecule has 6 rings (SSSR count). The minimum atomic E-state index is -0.774. The lowest BCUT2D eigenvalue weighted by Gasteiger charge is -2.42. The zero-order valence-corrected chi connectivity index (χ0v) is 21.3. The van der Waals surface area contributed by atoms with Crippen LogP contribution in [0.25, 0.3) is 11.3 Å².